The molecule has 3 aliphatic carbocycles. The summed E-state index contributed by atoms with van der Waals surface area (Å²) < 4.78 is 15.8. The molecule has 4 atom stereocenters. The van der Waals surface area contributed by atoms with Gasteiger partial charge in [-0.1, -0.05) is 24.7 Å². The molecule has 2 aromatic heterocycles. The van der Waals surface area contributed by atoms with Crippen LogP contribution in [0.15, 0.2) is 53.7 Å². The van der Waals surface area contributed by atoms with Gasteiger partial charge in [0.25, 0.3) is 5.56 Å². The van der Waals surface area contributed by atoms with Crippen LogP contribution in [0, 0.1) is 35.5 Å². The monoisotopic (exact) mass is 473 g/mol. The van der Waals surface area contributed by atoms with Crippen LogP contribution < -0.4 is 10.5 Å². The highest BCUT2D eigenvalue weighted by Gasteiger charge is 2.71. The number of hydrogen-bond donors (Lipinski definition) is 0. The molecule has 35 heavy (non-hydrogen) atoms. The Hall–Kier alpha value is -3.73. The van der Waals surface area contributed by atoms with E-state index < -0.39 is 5.82 Å². The first-order chi connectivity index (χ1) is 16.9. The van der Waals surface area contributed by atoms with E-state index in [1.54, 1.807) is 13.2 Å². The van der Waals surface area contributed by atoms with Crippen LogP contribution in [0.3, 0.4) is 0 Å². The number of pyridine rings is 1. The molecule has 2 aromatic rings. The summed E-state index contributed by atoms with van der Waals surface area (Å²) in [6.45, 7) is 0. The van der Waals surface area contributed by atoms with Crippen molar-refractivity contribution in [2.24, 2.45) is 24.3 Å². The number of amides is 1. The number of aromatic nitrogens is 3. The fourth-order valence-electron chi connectivity index (χ4n) is 5.34. The summed E-state index contributed by atoms with van der Waals surface area (Å²) in [5, 5.41) is 0. The minimum absolute atomic E-state index is 0.0216. The first-order valence-corrected chi connectivity index (χ1v) is 11.9. The number of allylic oxidation sites excluding steroid dienone is 3. The van der Waals surface area contributed by atoms with Crippen LogP contribution in [-0.2, 0) is 11.8 Å². The Balaban J connectivity index is 1.29. The van der Waals surface area contributed by atoms with E-state index in [0.29, 0.717) is 11.9 Å². The number of terminal acetylenes is 1. The van der Waals surface area contributed by atoms with Crippen LogP contribution in [0.5, 0.6) is 0 Å². The zero-order chi connectivity index (χ0) is 24.7. The van der Waals surface area contributed by atoms with Gasteiger partial charge in [-0.05, 0) is 49.5 Å². The molecule has 0 aromatic carbocycles. The lowest BCUT2D eigenvalue weighted by Crippen LogP contribution is -2.31. The minimum Gasteiger partial charge on any atom is -0.342 e. The maximum absolute atomic E-state index is 14.3. The Kier molecular flexibility index (Phi) is 5.79. The van der Waals surface area contributed by atoms with Crippen molar-refractivity contribution in [2.45, 2.75) is 38.1 Å². The van der Waals surface area contributed by atoms with Crippen molar-refractivity contribution in [3.8, 4) is 23.7 Å². The van der Waals surface area contributed by atoms with Crippen LogP contribution in [0.2, 0.25) is 0 Å². The number of rotatable bonds is 6. The maximum Gasteiger partial charge on any atom is 0.255 e. The number of anilines is 1. The second-order valence-electron chi connectivity index (χ2n) is 9.73. The lowest BCUT2D eigenvalue weighted by Gasteiger charge is -2.22. The van der Waals surface area contributed by atoms with Gasteiger partial charge in [0.15, 0.2) is 5.82 Å². The zero-order valence-corrected chi connectivity index (χ0v) is 19.9. The molecule has 2 fully saturated rings. The van der Waals surface area contributed by atoms with Crippen LogP contribution in [-0.4, -0.2) is 38.4 Å². The summed E-state index contributed by atoms with van der Waals surface area (Å²) in [6.07, 6.45) is 20.6. The third kappa shape index (κ3) is 4.16. The molecule has 0 N–H and O–H groups in total. The number of carbonyl (C=O) groups is 1. The Labute approximate surface area is 204 Å². The number of nitrogens with zero attached hydrogens (tertiary/aromatic N) is 5. The van der Waals surface area contributed by atoms with Crippen LogP contribution in [0.25, 0.3) is 11.3 Å². The van der Waals surface area contributed by atoms with Crippen molar-refractivity contribution in [3.63, 3.8) is 0 Å². The third-order valence-corrected chi connectivity index (χ3v) is 7.66. The molecule has 0 saturated heterocycles. The van der Waals surface area contributed by atoms with Crippen molar-refractivity contribution in [1.29, 1.82) is 0 Å². The smallest absolute Gasteiger partial charge is 0.255 e. The topological polar surface area (TPSA) is 71.3 Å². The Bertz CT molecular complexity index is 1330. The molecule has 2 heterocycles. The normalized spacial score (nSPS) is 26.5. The molecule has 1 spiro atoms. The van der Waals surface area contributed by atoms with Gasteiger partial charge >= 0.3 is 0 Å². The number of halogens is 1. The van der Waals surface area contributed by atoms with E-state index in [9.17, 15) is 14.0 Å². The standard InChI is InChI=1S/C27H28FN5O2/c1-4-33(25(35)18-8-6-5-7-9-18)13-11-19-15-27(19)16-23(27)31(2)26-30-22(14-24(34)32(26)3)20-10-12-29-17-21(20)28/h1,5-6,10-14,17-19,23H,7-9,15-16H2,2-3H3/b13-11+. The summed E-state index contributed by atoms with van der Waals surface area (Å²) >= 11 is 0. The highest BCUT2D eigenvalue weighted by Crippen LogP contribution is 2.72. The third-order valence-electron chi connectivity index (χ3n) is 7.66. The molecule has 0 bridgehead atoms. The molecule has 2 saturated carbocycles. The first-order valence-electron chi connectivity index (χ1n) is 11.9. The van der Waals surface area contributed by atoms with Crippen molar-refractivity contribution < 1.29 is 9.18 Å². The van der Waals surface area contributed by atoms with Gasteiger partial charge in [-0.3, -0.25) is 19.1 Å². The van der Waals surface area contributed by atoms with E-state index in [2.05, 4.69) is 22.1 Å². The average molecular weight is 474 g/mol. The second-order valence-corrected chi connectivity index (χ2v) is 9.73. The van der Waals surface area contributed by atoms with E-state index in [1.165, 1.54) is 27.8 Å². The lowest BCUT2D eigenvalue weighted by molar-refractivity contribution is -0.130. The summed E-state index contributed by atoms with van der Waals surface area (Å²) in [6, 6.07) is 5.57. The minimum atomic E-state index is -0.519. The largest absolute Gasteiger partial charge is 0.342 e. The van der Waals surface area contributed by atoms with E-state index in [0.717, 1.165) is 38.3 Å². The molecule has 4 unspecified atom stereocenters. The van der Waals surface area contributed by atoms with Gasteiger partial charge in [-0.15, -0.1) is 0 Å². The molecule has 0 aliphatic heterocycles. The van der Waals surface area contributed by atoms with Crippen molar-refractivity contribution in [1.82, 2.24) is 19.4 Å². The SMILES string of the molecule is C#CN(/C=C/C1CC12CC2N(C)c1nc(-c2ccncc2F)cc(=O)n1C)C(=O)C1CC=CCC1. The second kappa shape index (κ2) is 8.81. The van der Waals surface area contributed by atoms with Gasteiger partial charge in [0.2, 0.25) is 11.9 Å². The van der Waals surface area contributed by atoms with Gasteiger partial charge in [0.05, 0.1) is 11.9 Å². The van der Waals surface area contributed by atoms with Gasteiger partial charge in [0, 0.05) is 56.1 Å². The molecular weight excluding hydrogens is 445 g/mol. The van der Waals surface area contributed by atoms with Crippen molar-refractivity contribution in [2.75, 3.05) is 11.9 Å². The highest BCUT2D eigenvalue weighted by molar-refractivity contribution is 5.81. The van der Waals surface area contributed by atoms with Gasteiger partial charge in [-0.25, -0.2) is 14.3 Å². The van der Waals surface area contributed by atoms with E-state index in [4.69, 9.17) is 6.42 Å². The van der Waals surface area contributed by atoms with Crippen molar-refractivity contribution in [3.05, 3.63) is 65.1 Å². The fraction of sp³-hybridized carbons (Fsp3) is 0.407. The van der Waals surface area contributed by atoms with Crippen LogP contribution in [0.1, 0.15) is 32.1 Å². The van der Waals surface area contributed by atoms with Crippen molar-refractivity contribution >= 4 is 11.9 Å². The van der Waals surface area contributed by atoms with Gasteiger partial charge < -0.3 is 4.90 Å². The number of hydrogen-bond acceptors (Lipinski definition) is 5. The fourth-order valence-corrected chi connectivity index (χ4v) is 5.34. The predicted octanol–water partition coefficient (Wildman–Crippen LogP) is 3.49. The predicted molar refractivity (Wildman–Crippen MR) is 131 cm³/mol. The summed E-state index contributed by atoms with van der Waals surface area (Å²) in [5.74, 6) is 0.202. The van der Waals surface area contributed by atoms with Gasteiger partial charge in [0.1, 0.15) is 0 Å². The quantitative estimate of drug-likeness (QED) is 0.365. The number of carbonyl (C=O) groups excluding carboxylic acids is 1. The molecule has 7 nitrogen and oxygen atoms in total. The average Bonchev–Trinajstić information content (AvgIpc) is 3.78. The maximum atomic E-state index is 14.3. The zero-order valence-electron chi connectivity index (χ0n) is 19.9. The molecule has 0 radical (unpaired) electrons. The summed E-state index contributed by atoms with van der Waals surface area (Å²) in [5.41, 5.74) is 0.378. The molecule has 180 valence electrons. The molecule has 3 aliphatic rings. The van der Waals surface area contributed by atoms with E-state index in [1.807, 2.05) is 24.1 Å². The summed E-state index contributed by atoms with van der Waals surface area (Å²) in [7, 11) is 3.59. The van der Waals surface area contributed by atoms with Crippen LogP contribution in [0.4, 0.5) is 10.3 Å². The molecular formula is C27H28FN5O2. The first kappa shape index (κ1) is 23.0. The Morgan fingerprint density at radius 2 is 2.20 bits per heavy atom. The Morgan fingerprint density at radius 3 is 2.91 bits per heavy atom. The van der Waals surface area contributed by atoms with Crippen LogP contribution >= 0.6 is 0 Å². The Morgan fingerprint density at radius 1 is 1.37 bits per heavy atom. The summed E-state index contributed by atoms with van der Waals surface area (Å²) in [4.78, 5) is 37.2. The van der Waals surface area contributed by atoms with E-state index >= 15 is 0 Å². The molecule has 5 rings (SSSR count). The molecule has 1 amide bonds. The van der Waals surface area contributed by atoms with E-state index in [-0.39, 0.29) is 40.1 Å². The van der Waals surface area contributed by atoms with Gasteiger partial charge in [-0.2, -0.15) is 0 Å². The highest BCUT2D eigenvalue weighted by atomic mass is 19.1. The lowest BCUT2D eigenvalue weighted by atomic mass is 9.93. The molecule has 8 heteroatoms.